The van der Waals surface area contributed by atoms with Crippen LogP contribution in [0.4, 0.5) is 0 Å². The van der Waals surface area contributed by atoms with Gasteiger partial charge in [0.15, 0.2) is 6.10 Å². The van der Waals surface area contributed by atoms with E-state index in [0.717, 1.165) is 83.5 Å². The highest BCUT2D eigenvalue weighted by Crippen LogP contribution is 2.16. The number of ether oxygens (including phenoxy) is 3. The van der Waals surface area contributed by atoms with Gasteiger partial charge in [-0.2, -0.15) is 0 Å². The van der Waals surface area contributed by atoms with Gasteiger partial charge in [-0.05, 0) is 89.9 Å². The maximum Gasteiger partial charge on any atom is 0.306 e. The Bertz CT molecular complexity index is 1260. The molecule has 0 aliphatic carbocycles. The summed E-state index contributed by atoms with van der Waals surface area (Å²) in [6.45, 7) is 6.48. The van der Waals surface area contributed by atoms with E-state index in [1.807, 2.05) is 0 Å². The van der Waals surface area contributed by atoms with Gasteiger partial charge in [-0.25, -0.2) is 0 Å². The summed E-state index contributed by atoms with van der Waals surface area (Å²) in [4.78, 5) is 38.1. The number of carbonyl (C=O) groups excluding carboxylic acids is 3. The van der Waals surface area contributed by atoms with E-state index in [-0.39, 0.29) is 37.5 Å². The molecule has 0 unspecified atom stereocenters. The van der Waals surface area contributed by atoms with E-state index in [4.69, 9.17) is 14.2 Å². The van der Waals surface area contributed by atoms with Gasteiger partial charge in [0, 0.05) is 19.3 Å². The maximum absolute atomic E-state index is 12.8. The predicted octanol–water partition coefficient (Wildman–Crippen LogP) is 19.0. The zero-order valence-corrected chi connectivity index (χ0v) is 44.2. The van der Waals surface area contributed by atoms with Gasteiger partial charge in [-0.15, -0.1) is 0 Å². The lowest BCUT2D eigenvalue weighted by Crippen LogP contribution is -2.30. The molecule has 0 aliphatic rings. The molecule has 0 saturated carbocycles. The number of hydrogen-bond donors (Lipinski definition) is 0. The van der Waals surface area contributed by atoms with Gasteiger partial charge in [-0.1, -0.05) is 241 Å². The molecule has 6 nitrogen and oxygen atoms in total. The number of carbonyl (C=O) groups is 3. The van der Waals surface area contributed by atoms with Crippen molar-refractivity contribution in [3.63, 3.8) is 0 Å². The lowest BCUT2D eigenvalue weighted by Gasteiger charge is -2.18. The SMILES string of the molecule is CC/C=C\C/C=C\C/C=C\C/C=C\CCCCC(=O)O[C@H](COC(=O)CCCCCCCCCCC/C=C\C/C=C\CCCCC)COC(=O)CCCCCCCCCCCCCCCCC. The third kappa shape index (κ3) is 53.7. The highest BCUT2D eigenvalue weighted by atomic mass is 16.6. The minimum atomic E-state index is -0.797. The summed E-state index contributed by atoms with van der Waals surface area (Å²) in [6, 6.07) is 0. The van der Waals surface area contributed by atoms with Crippen LogP contribution in [-0.4, -0.2) is 37.2 Å². The van der Waals surface area contributed by atoms with E-state index in [1.165, 1.54) is 148 Å². The van der Waals surface area contributed by atoms with Crippen molar-refractivity contribution in [2.24, 2.45) is 0 Å². The van der Waals surface area contributed by atoms with Crippen LogP contribution >= 0.6 is 0 Å². The fraction of sp³-hybridized carbons (Fsp3) is 0.754. The molecular weight excluding hydrogens is 829 g/mol. The van der Waals surface area contributed by atoms with Crippen LogP contribution in [0.5, 0.6) is 0 Å². The van der Waals surface area contributed by atoms with Gasteiger partial charge >= 0.3 is 17.9 Å². The summed E-state index contributed by atoms with van der Waals surface area (Å²) in [7, 11) is 0. The third-order valence-corrected chi connectivity index (χ3v) is 12.2. The summed E-state index contributed by atoms with van der Waals surface area (Å²) in [5, 5.41) is 0. The molecule has 1 atom stereocenters. The molecule has 0 aromatic rings. The standard InChI is InChI=1S/C61H106O6/c1-4-7-10-13-16-19-22-25-28-29-30-31-34-36-39-42-45-48-51-54-60(63)66-57-58(67-61(64)55-52-49-46-43-40-37-33-27-24-21-18-15-12-9-6-3)56-65-59(62)53-50-47-44-41-38-35-32-26-23-20-17-14-11-8-5-2/h9,12,16,18-19,21,25,27-28,33,40,43,58H,4-8,10-11,13-15,17,20,22-24,26,29-32,34-39,41-42,44-57H2,1-3H3/b12-9-,19-16-,21-18-,28-25-,33-27-,43-40-/t58-/m0/s1. The molecule has 0 aromatic carbocycles. The van der Waals surface area contributed by atoms with Crippen molar-refractivity contribution in [1.82, 2.24) is 0 Å². The van der Waals surface area contributed by atoms with E-state index in [2.05, 4.69) is 93.7 Å². The molecule has 0 spiro atoms. The number of hydrogen-bond acceptors (Lipinski definition) is 6. The molecule has 0 N–H and O–H groups in total. The van der Waals surface area contributed by atoms with E-state index in [0.29, 0.717) is 19.3 Å². The van der Waals surface area contributed by atoms with E-state index >= 15 is 0 Å². The molecule has 0 aromatic heterocycles. The van der Waals surface area contributed by atoms with E-state index < -0.39 is 6.10 Å². The summed E-state index contributed by atoms with van der Waals surface area (Å²) in [5.74, 6) is -0.929. The lowest BCUT2D eigenvalue weighted by atomic mass is 10.0. The minimum absolute atomic E-state index is 0.0912. The lowest BCUT2D eigenvalue weighted by molar-refractivity contribution is -0.167. The quantitative estimate of drug-likeness (QED) is 0.0262. The van der Waals surface area contributed by atoms with Gasteiger partial charge in [0.2, 0.25) is 0 Å². The highest BCUT2D eigenvalue weighted by Gasteiger charge is 2.19. The number of unbranched alkanes of at least 4 members (excludes halogenated alkanes) is 28. The Kier molecular flexibility index (Phi) is 52.8. The van der Waals surface area contributed by atoms with Crippen LogP contribution in [0.2, 0.25) is 0 Å². The molecule has 67 heavy (non-hydrogen) atoms. The smallest absolute Gasteiger partial charge is 0.306 e. The van der Waals surface area contributed by atoms with Crippen molar-refractivity contribution in [3.8, 4) is 0 Å². The van der Waals surface area contributed by atoms with Crippen molar-refractivity contribution in [1.29, 1.82) is 0 Å². The first kappa shape index (κ1) is 63.8. The summed E-state index contributed by atoms with van der Waals surface area (Å²) >= 11 is 0. The maximum atomic E-state index is 12.8. The van der Waals surface area contributed by atoms with Gasteiger partial charge in [0.1, 0.15) is 13.2 Å². The molecule has 0 amide bonds. The Morgan fingerprint density at radius 3 is 0.970 bits per heavy atom. The Morgan fingerprint density at radius 2 is 0.582 bits per heavy atom. The summed E-state index contributed by atoms with van der Waals surface area (Å²) < 4.78 is 16.8. The average Bonchev–Trinajstić information content (AvgIpc) is 3.33. The van der Waals surface area contributed by atoms with Crippen molar-refractivity contribution < 1.29 is 28.6 Å². The van der Waals surface area contributed by atoms with Crippen LogP contribution in [0.15, 0.2) is 72.9 Å². The Labute approximate surface area is 414 Å². The molecule has 0 saturated heterocycles. The second-order valence-corrected chi connectivity index (χ2v) is 18.8. The first-order chi connectivity index (χ1) is 33.0. The molecule has 0 bridgehead atoms. The summed E-state index contributed by atoms with van der Waals surface area (Å²) in [6.07, 6.45) is 70.3. The van der Waals surface area contributed by atoms with E-state index in [1.54, 1.807) is 0 Å². The molecule has 0 rings (SSSR count). The second-order valence-electron chi connectivity index (χ2n) is 18.8. The molecule has 6 heteroatoms. The van der Waals surface area contributed by atoms with Crippen LogP contribution in [0.3, 0.4) is 0 Å². The Hall–Kier alpha value is -3.15. The van der Waals surface area contributed by atoms with Crippen LogP contribution in [0.25, 0.3) is 0 Å². The first-order valence-corrected chi connectivity index (χ1v) is 28.4. The molecule has 0 radical (unpaired) electrons. The topological polar surface area (TPSA) is 78.9 Å². The number of esters is 3. The zero-order chi connectivity index (χ0) is 48.6. The summed E-state index contributed by atoms with van der Waals surface area (Å²) in [5.41, 5.74) is 0. The van der Waals surface area contributed by atoms with Gasteiger partial charge < -0.3 is 14.2 Å². The fourth-order valence-corrected chi connectivity index (χ4v) is 7.93. The number of allylic oxidation sites excluding steroid dienone is 12. The van der Waals surface area contributed by atoms with E-state index in [9.17, 15) is 14.4 Å². The second kappa shape index (κ2) is 55.4. The zero-order valence-electron chi connectivity index (χ0n) is 44.2. The fourth-order valence-electron chi connectivity index (χ4n) is 7.93. The molecule has 0 fully saturated rings. The first-order valence-electron chi connectivity index (χ1n) is 28.4. The Morgan fingerprint density at radius 1 is 0.313 bits per heavy atom. The average molecular weight is 936 g/mol. The van der Waals surface area contributed by atoms with Crippen LogP contribution in [-0.2, 0) is 28.6 Å². The van der Waals surface area contributed by atoms with Crippen LogP contribution in [0.1, 0.15) is 278 Å². The molecule has 0 aliphatic heterocycles. The van der Waals surface area contributed by atoms with Gasteiger partial charge in [0.05, 0.1) is 0 Å². The minimum Gasteiger partial charge on any atom is -0.462 e. The number of rotatable bonds is 51. The van der Waals surface area contributed by atoms with Gasteiger partial charge in [0.25, 0.3) is 0 Å². The largest absolute Gasteiger partial charge is 0.462 e. The predicted molar refractivity (Wildman–Crippen MR) is 288 cm³/mol. The monoisotopic (exact) mass is 935 g/mol. The van der Waals surface area contributed by atoms with Crippen LogP contribution in [0, 0.1) is 0 Å². The molecule has 0 heterocycles. The van der Waals surface area contributed by atoms with Crippen molar-refractivity contribution in [3.05, 3.63) is 72.9 Å². The Balaban J connectivity index is 4.41. The highest BCUT2D eigenvalue weighted by molar-refractivity contribution is 5.71. The van der Waals surface area contributed by atoms with Crippen LogP contribution < -0.4 is 0 Å². The van der Waals surface area contributed by atoms with Crippen molar-refractivity contribution in [2.75, 3.05) is 13.2 Å². The third-order valence-electron chi connectivity index (χ3n) is 12.2. The molecule has 386 valence electrons. The molecular formula is C61H106O6. The normalized spacial score (nSPS) is 12.6. The van der Waals surface area contributed by atoms with Crippen molar-refractivity contribution in [2.45, 2.75) is 284 Å². The van der Waals surface area contributed by atoms with Gasteiger partial charge in [-0.3, -0.25) is 14.4 Å². The van der Waals surface area contributed by atoms with Crippen molar-refractivity contribution >= 4 is 17.9 Å².